The fraction of sp³-hybridized carbons (Fsp3) is 0.647. The highest BCUT2D eigenvalue weighted by molar-refractivity contribution is 7.61. The lowest BCUT2D eigenvalue weighted by molar-refractivity contribution is -0.153. The molecule has 0 spiro atoms. The quantitative estimate of drug-likeness (QED) is 0.107. The molecule has 0 aromatic carbocycles. The summed E-state index contributed by atoms with van der Waals surface area (Å²) in [4.78, 5) is 43.2. The number of esters is 1. The first-order valence-corrected chi connectivity index (χ1v) is 13.7. The molecule has 2 aliphatic heterocycles. The maximum Gasteiger partial charge on any atom is 0.481 e. The van der Waals surface area contributed by atoms with Crippen LogP contribution in [0.3, 0.4) is 0 Å². The van der Waals surface area contributed by atoms with E-state index in [9.17, 15) is 44.1 Å². The number of rotatable bonds is 10. The van der Waals surface area contributed by atoms with E-state index in [2.05, 4.69) is 33.0 Å². The van der Waals surface area contributed by atoms with Gasteiger partial charge >= 0.3 is 21.6 Å². The van der Waals surface area contributed by atoms with E-state index in [1.807, 2.05) is 0 Å². The zero-order valence-corrected chi connectivity index (χ0v) is 21.1. The van der Waals surface area contributed by atoms with Crippen molar-refractivity contribution in [2.75, 3.05) is 18.9 Å². The number of nitrogens with two attached hydrogens (primary N) is 1. The minimum atomic E-state index is -5.50. The van der Waals surface area contributed by atoms with Crippen LogP contribution in [0.4, 0.5) is 5.82 Å². The largest absolute Gasteiger partial charge is 0.481 e. The molecule has 4 heterocycles. The summed E-state index contributed by atoms with van der Waals surface area (Å²) in [5.74, 6) is -1.76. The Bertz CT molecular complexity index is 1400. The summed E-state index contributed by atoms with van der Waals surface area (Å²) in [6, 6.07) is 0. The number of nitrogen functional groups attached to an aromatic ring is 1. The molecule has 22 heteroatoms. The molecule has 2 aliphatic rings. The molecule has 2 aromatic rings. The van der Waals surface area contributed by atoms with E-state index >= 15 is 0 Å². The number of carbonyl (C=O) groups excluding carboxylic acids is 1. The highest BCUT2D eigenvalue weighted by Crippen LogP contribution is 2.60. The van der Waals surface area contributed by atoms with Crippen molar-refractivity contribution in [1.29, 1.82) is 0 Å². The van der Waals surface area contributed by atoms with Gasteiger partial charge in [0.05, 0.1) is 19.5 Å². The van der Waals surface area contributed by atoms with Gasteiger partial charge in [0.2, 0.25) is 0 Å². The van der Waals surface area contributed by atoms with Crippen LogP contribution in [-0.4, -0.2) is 112 Å². The topological polar surface area (TPSA) is 298 Å². The van der Waals surface area contributed by atoms with Crippen molar-refractivity contribution in [3.8, 4) is 0 Å². The van der Waals surface area contributed by atoms with Crippen molar-refractivity contribution < 1.29 is 75.8 Å². The summed E-state index contributed by atoms with van der Waals surface area (Å²) in [6.07, 6.45) is -11.4. The molecule has 0 aliphatic carbocycles. The van der Waals surface area contributed by atoms with Gasteiger partial charge in [0.25, 0.3) is 0 Å². The van der Waals surface area contributed by atoms with Crippen molar-refractivity contribution in [3.63, 3.8) is 0 Å². The summed E-state index contributed by atoms with van der Waals surface area (Å²) >= 11 is 0. The summed E-state index contributed by atoms with van der Waals surface area (Å²) in [6.45, 7) is -5.33. The van der Waals surface area contributed by atoms with Crippen molar-refractivity contribution >= 4 is 38.6 Å². The van der Waals surface area contributed by atoms with Crippen LogP contribution in [0.2, 0.25) is 0 Å². The van der Waals surface area contributed by atoms with Gasteiger partial charge < -0.3 is 50.2 Å². The molecule has 20 nitrogen and oxygen atoms in total. The lowest BCUT2D eigenvalue weighted by atomic mass is 10.1. The number of ether oxygens (including phenoxy) is 3. The third-order valence-corrected chi connectivity index (χ3v) is 8.16. The number of anilines is 1. The van der Waals surface area contributed by atoms with E-state index in [0.717, 1.165) is 6.33 Å². The summed E-state index contributed by atoms with van der Waals surface area (Å²) in [5, 5.41) is 40.3. The molecule has 2 saturated heterocycles. The van der Waals surface area contributed by atoms with Gasteiger partial charge in [-0.15, -0.1) is 0 Å². The Morgan fingerprint density at radius 3 is 2.38 bits per heavy atom. The molecule has 2 aromatic heterocycles. The predicted molar refractivity (Wildman–Crippen MR) is 121 cm³/mol. The van der Waals surface area contributed by atoms with Crippen molar-refractivity contribution in [1.82, 2.24) is 19.5 Å². The number of hydrogen-bond donors (Lipinski definition) is 7. The molecule has 0 bridgehead atoms. The molecule has 39 heavy (non-hydrogen) atoms. The second-order valence-corrected chi connectivity index (χ2v) is 11.2. The molecule has 3 unspecified atom stereocenters. The van der Waals surface area contributed by atoms with Gasteiger partial charge in [-0.2, -0.15) is 4.31 Å². The van der Waals surface area contributed by atoms with Gasteiger partial charge in [0.15, 0.2) is 30.1 Å². The Morgan fingerprint density at radius 2 is 1.72 bits per heavy atom. The van der Waals surface area contributed by atoms with Crippen LogP contribution in [-0.2, 0) is 41.5 Å². The summed E-state index contributed by atoms with van der Waals surface area (Å²) in [5.41, 5.74) is 6.02. The van der Waals surface area contributed by atoms with E-state index in [-0.39, 0.29) is 17.0 Å². The van der Waals surface area contributed by atoms with Gasteiger partial charge in [-0.25, -0.2) is 24.1 Å². The zero-order chi connectivity index (χ0) is 31.2. The molecular weight excluding hydrogens is 576 g/mol. The lowest BCUT2D eigenvalue weighted by Crippen LogP contribution is -2.38. The predicted octanol–water partition coefficient (Wildman–Crippen LogP) is -2.71. The SMILES string of the molecule is [2H]C([2H])([2H])C(=O)O[C@H]1[C@H](COP(=O)(O)OP(=O)(O)OC[C@H]2O[C@@H](n3cnc4c(N)ncnc43)[C@H](O)[C@@H]2O)OC(O)[C@H]1O. The lowest BCUT2D eigenvalue weighted by Gasteiger charge is -2.22. The number of aliphatic hydroxyl groups is 4. The van der Waals surface area contributed by atoms with E-state index in [4.69, 9.17) is 19.3 Å². The number of phosphoric acid groups is 2. The number of carbonyl (C=O) groups is 1. The monoisotopic (exact) mass is 604 g/mol. The first kappa shape index (κ1) is 25.8. The van der Waals surface area contributed by atoms with E-state index < -0.39 is 90.8 Å². The maximum atomic E-state index is 12.3. The van der Waals surface area contributed by atoms with E-state index in [1.165, 1.54) is 10.9 Å². The standard InChI is InChI=1S/C17H25N5O15P2/c1-6(23)34-13-8(36-17(27)12(13)26)3-33-39(30,31)37-38(28,29)32-2-7-10(24)11(25)16(35-7)22-5-21-9-14(18)19-4-20-15(9)22/h4-5,7-8,10-13,16-17,24-27H,2-3H2,1H3,(H,28,29)(H,30,31)(H2,18,19,20)/t7-,8+,10-,11-,12+,13+,16-,17?/m1/s1/i1D3. The van der Waals surface area contributed by atoms with Crippen LogP contribution in [0.1, 0.15) is 17.2 Å². The van der Waals surface area contributed by atoms with Crippen LogP contribution in [0.5, 0.6) is 0 Å². The third kappa shape index (κ3) is 6.60. The fourth-order valence-corrected chi connectivity index (χ4v) is 5.88. The Labute approximate surface area is 222 Å². The molecule has 4 rings (SSSR count). The Morgan fingerprint density at radius 1 is 1.05 bits per heavy atom. The number of hydrogen-bond acceptors (Lipinski definition) is 17. The summed E-state index contributed by atoms with van der Waals surface area (Å²) < 4.78 is 75.0. The van der Waals surface area contributed by atoms with Gasteiger partial charge in [-0.3, -0.25) is 18.4 Å². The van der Waals surface area contributed by atoms with Crippen molar-refractivity contribution in [3.05, 3.63) is 12.7 Å². The highest BCUT2D eigenvalue weighted by Gasteiger charge is 2.48. The third-order valence-electron chi connectivity index (χ3n) is 5.56. The molecule has 218 valence electrons. The van der Waals surface area contributed by atoms with Gasteiger partial charge in [0, 0.05) is 11.0 Å². The average molecular weight is 604 g/mol. The maximum absolute atomic E-state index is 12.3. The van der Waals surface area contributed by atoms with Crippen LogP contribution < -0.4 is 5.73 Å². The van der Waals surface area contributed by atoms with Gasteiger partial charge in [-0.05, 0) is 0 Å². The van der Waals surface area contributed by atoms with Crippen LogP contribution in [0.25, 0.3) is 11.2 Å². The molecule has 0 radical (unpaired) electrons. The van der Waals surface area contributed by atoms with Crippen LogP contribution >= 0.6 is 15.6 Å². The molecule has 2 fully saturated rings. The minimum absolute atomic E-state index is 0.0275. The average Bonchev–Trinajstić information content (AvgIpc) is 3.51. The fourth-order valence-electron chi connectivity index (χ4n) is 3.79. The van der Waals surface area contributed by atoms with Crippen LogP contribution in [0, 0.1) is 0 Å². The smallest absolute Gasteiger partial charge is 0.457 e. The summed E-state index contributed by atoms with van der Waals surface area (Å²) in [7, 11) is -10.9. The van der Waals surface area contributed by atoms with E-state index in [0.29, 0.717) is 0 Å². The number of aliphatic hydroxyl groups excluding tert-OH is 4. The van der Waals surface area contributed by atoms with E-state index in [1.54, 1.807) is 0 Å². The van der Waals surface area contributed by atoms with Crippen molar-refractivity contribution in [2.24, 2.45) is 0 Å². The molecule has 0 saturated carbocycles. The Balaban J connectivity index is 1.33. The van der Waals surface area contributed by atoms with Gasteiger partial charge in [0.1, 0.15) is 42.4 Å². The number of nitrogens with zero attached hydrogens (tertiary/aromatic N) is 4. The van der Waals surface area contributed by atoms with Gasteiger partial charge in [-0.1, -0.05) is 0 Å². The number of fused-ring (bicyclic) bond motifs is 1. The second kappa shape index (κ2) is 11.4. The Hall–Kier alpha value is -2.16. The van der Waals surface area contributed by atoms with Crippen molar-refractivity contribution in [2.45, 2.75) is 56.0 Å². The highest BCUT2D eigenvalue weighted by atomic mass is 31.3. The van der Waals surface area contributed by atoms with Crippen LogP contribution in [0.15, 0.2) is 12.7 Å². The number of imidazole rings is 1. The number of aromatic nitrogens is 4. The molecule has 10 atom stereocenters. The Kier molecular flexibility index (Phi) is 7.52. The first-order chi connectivity index (χ1) is 19.4. The molecular formula is C17H25N5O15P2. The second-order valence-electron chi connectivity index (χ2n) is 8.17. The normalized spacial score (nSPS) is 35.6. The zero-order valence-electron chi connectivity index (χ0n) is 22.3. The number of phosphoric ester groups is 2. The minimum Gasteiger partial charge on any atom is -0.457 e. The molecule has 0 amide bonds. The first-order valence-electron chi connectivity index (χ1n) is 12.2. The molecule has 8 N–H and O–H groups in total.